The first-order valence-electron chi connectivity index (χ1n) is 9.12. The first-order valence-corrected chi connectivity index (χ1v) is 9.94. The van der Waals surface area contributed by atoms with Gasteiger partial charge in [0.2, 0.25) is 0 Å². The van der Waals surface area contributed by atoms with Gasteiger partial charge in [-0.05, 0) is 49.1 Å². The van der Waals surface area contributed by atoms with Gasteiger partial charge in [-0.3, -0.25) is 9.69 Å². The number of aromatic nitrogens is 1. The minimum atomic E-state index is -0.0118. The van der Waals surface area contributed by atoms with Crippen molar-refractivity contribution in [3.8, 4) is 0 Å². The summed E-state index contributed by atoms with van der Waals surface area (Å²) in [5, 5.41) is 0.742. The van der Waals surface area contributed by atoms with Crippen LogP contribution in [-0.2, 0) is 11.2 Å². The second-order valence-corrected chi connectivity index (χ2v) is 7.57. The number of thiazole rings is 1. The Bertz CT molecular complexity index is 865. The van der Waals surface area contributed by atoms with Gasteiger partial charge in [-0.15, -0.1) is 0 Å². The van der Waals surface area contributed by atoms with Crippen molar-refractivity contribution in [3.63, 3.8) is 0 Å². The van der Waals surface area contributed by atoms with Crippen molar-refractivity contribution in [3.05, 3.63) is 59.7 Å². The van der Waals surface area contributed by atoms with Crippen molar-refractivity contribution in [1.29, 1.82) is 0 Å². The first-order chi connectivity index (χ1) is 12.7. The standard InChI is InChI=1S/C21H22N2O2S/c1-2-15-9-11-16(12-10-15)20(24)23(14-17-6-5-13-25-17)21-22-18-7-3-4-8-19(18)26-21/h3-4,7-12,17H,2,5-6,13-14H2,1H3/t17-/m1/s1. The summed E-state index contributed by atoms with van der Waals surface area (Å²) in [4.78, 5) is 19.7. The number of para-hydroxylation sites is 1. The SMILES string of the molecule is CCc1ccc(C(=O)N(C[C@H]2CCCO2)c2nc3ccccc3s2)cc1. The molecule has 0 bridgehead atoms. The topological polar surface area (TPSA) is 42.4 Å². The van der Waals surface area contributed by atoms with Crippen LogP contribution in [0.5, 0.6) is 0 Å². The van der Waals surface area contributed by atoms with Gasteiger partial charge in [0.05, 0.1) is 22.9 Å². The molecular formula is C21H22N2O2S. The number of carbonyl (C=O) groups excluding carboxylic acids is 1. The molecule has 0 aliphatic carbocycles. The van der Waals surface area contributed by atoms with Gasteiger partial charge in [-0.1, -0.05) is 42.5 Å². The van der Waals surface area contributed by atoms with E-state index in [1.54, 1.807) is 16.2 Å². The van der Waals surface area contributed by atoms with Crippen LogP contribution in [0.1, 0.15) is 35.7 Å². The minimum Gasteiger partial charge on any atom is -0.376 e. The van der Waals surface area contributed by atoms with E-state index in [9.17, 15) is 4.79 Å². The molecule has 1 saturated heterocycles. The number of nitrogens with zero attached hydrogens (tertiary/aromatic N) is 2. The van der Waals surface area contributed by atoms with Crippen LogP contribution in [0.15, 0.2) is 48.5 Å². The summed E-state index contributed by atoms with van der Waals surface area (Å²) in [6, 6.07) is 15.9. The lowest BCUT2D eigenvalue weighted by Crippen LogP contribution is -2.37. The van der Waals surface area contributed by atoms with Crippen molar-refractivity contribution in [2.24, 2.45) is 0 Å². The van der Waals surface area contributed by atoms with Crippen LogP contribution in [0.3, 0.4) is 0 Å². The molecule has 1 aliphatic heterocycles. The molecule has 2 heterocycles. The molecule has 2 aromatic carbocycles. The molecule has 1 aliphatic rings. The van der Waals surface area contributed by atoms with E-state index < -0.39 is 0 Å². The van der Waals surface area contributed by atoms with E-state index in [1.807, 2.05) is 48.5 Å². The summed E-state index contributed by atoms with van der Waals surface area (Å²) in [7, 11) is 0. The predicted molar refractivity (Wildman–Crippen MR) is 106 cm³/mol. The van der Waals surface area contributed by atoms with Crippen LogP contribution < -0.4 is 4.90 Å². The van der Waals surface area contributed by atoms with Gasteiger partial charge in [0, 0.05) is 12.2 Å². The number of hydrogen-bond donors (Lipinski definition) is 0. The lowest BCUT2D eigenvalue weighted by molar-refractivity contribution is 0.0917. The van der Waals surface area contributed by atoms with Gasteiger partial charge in [0.15, 0.2) is 5.13 Å². The Morgan fingerprint density at radius 3 is 2.73 bits per heavy atom. The Kier molecular flexibility index (Phi) is 5.00. The van der Waals surface area contributed by atoms with E-state index in [2.05, 4.69) is 6.92 Å². The highest BCUT2D eigenvalue weighted by Crippen LogP contribution is 2.30. The van der Waals surface area contributed by atoms with Crippen LogP contribution in [0.2, 0.25) is 0 Å². The van der Waals surface area contributed by atoms with E-state index >= 15 is 0 Å². The quantitative estimate of drug-likeness (QED) is 0.658. The third kappa shape index (κ3) is 3.50. The zero-order valence-electron chi connectivity index (χ0n) is 14.9. The summed E-state index contributed by atoms with van der Waals surface area (Å²) in [5.41, 5.74) is 2.85. The van der Waals surface area contributed by atoms with Crippen LogP contribution in [0.25, 0.3) is 10.2 Å². The number of aryl methyl sites for hydroxylation is 1. The third-order valence-corrected chi connectivity index (χ3v) is 5.84. The fourth-order valence-corrected chi connectivity index (χ4v) is 4.23. The van der Waals surface area contributed by atoms with E-state index in [0.29, 0.717) is 12.1 Å². The molecule has 26 heavy (non-hydrogen) atoms. The first kappa shape index (κ1) is 17.2. The second-order valence-electron chi connectivity index (χ2n) is 6.57. The number of amides is 1. The molecule has 0 N–H and O–H groups in total. The molecule has 0 radical (unpaired) electrons. The van der Waals surface area contributed by atoms with Gasteiger partial charge in [0.1, 0.15) is 0 Å². The maximum Gasteiger partial charge on any atom is 0.260 e. The largest absolute Gasteiger partial charge is 0.376 e. The average Bonchev–Trinajstić information content (AvgIpc) is 3.34. The average molecular weight is 366 g/mol. The Balaban J connectivity index is 1.67. The smallest absolute Gasteiger partial charge is 0.260 e. The number of hydrogen-bond acceptors (Lipinski definition) is 4. The summed E-state index contributed by atoms with van der Waals surface area (Å²) >= 11 is 1.56. The zero-order valence-corrected chi connectivity index (χ0v) is 15.7. The van der Waals surface area contributed by atoms with Crippen LogP contribution >= 0.6 is 11.3 Å². The molecule has 5 heteroatoms. The molecule has 0 saturated carbocycles. The molecule has 0 spiro atoms. The number of benzene rings is 2. The number of rotatable bonds is 5. The summed E-state index contributed by atoms with van der Waals surface area (Å²) < 4.78 is 6.88. The molecule has 4 rings (SSSR count). The van der Waals surface area contributed by atoms with E-state index in [1.165, 1.54) is 5.56 Å². The number of carbonyl (C=O) groups is 1. The highest BCUT2D eigenvalue weighted by Gasteiger charge is 2.27. The van der Waals surface area contributed by atoms with Gasteiger partial charge >= 0.3 is 0 Å². The number of anilines is 1. The molecule has 4 nitrogen and oxygen atoms in total. The molecule has 1 aromatic heterocycles. The fraction of sp³-hybridized carbons (Fsp3) is 0.333. The van der Waals surface area contributed by atoms with Crippen LogP contribution in [0, 0.1) is 0 Å². The molecule has 0 unspecified atom stereocenters. The highest BCUT2D eigenvalue weighted by atomic mass is 32.1. The highest BCUT2D eigenvalue weighted by molar-refractivity contribution is 7.22. The van der Waals surface area contributed by atoms with E-state index in [4.69, 9.17) is 9.72 Å². The molecule has 1 fully saturated rings. The minimum absolute atomic E-state index is 0.0118. The predicted octanol–water partition coefficient (Wildman–Crippen LogP) is 4.68. The van der Waals surface area contributed by atoms with E-state index in [0.717, 1.165) is 41.2 Å². The Morgan fingerprint density at radius 1 is 1.23 bits per heavy atom. The number of fused-ring (bicyclic) bond motifs is 1. The summed E-state index contributed by atoms with van der Waals surface area (Å²) in [6.45, 7) is 3.44. The molecule has 3 aromatic rings. The molecule has 134 valence electrons. The molecule has 1 atom stereocenters. The Hall–Kier alpha value is -2.24. The maximum atomic E-state index is 13.2. The summed E-state index contributed by atoms with van der Waals surface area (Å²) in [5.74, 6) is -0.0118. The van der Waals surface area contributed by atoms with Crippen LogP contribution in [0.4, 0.5) is 5.13 Å². The van der Waals surface area contributed by atoms with Crippen molar-refractivity contribution in [1.82, 2.24) is 4.98 Å². The Morgan fingerprint density at radius 2 is 2.04 bits per heavy atom. The third-order valence-electron chi connectivity index (χ3n) is 4.78. The molecule has 1 amide bonds. The summed E-state index contributed by atoms with van der Waals surface area (Å²) in [6.07, 6.45) is 3.09. The Labute approximate surface area is 157 Å². The van der Waals surface area contributed by atoms with Crippen molar-refractivity contribution >= 4 is 32.6 Å². The van der Waals surface area contributed by atoms with Crippen molar-refractivity contribution in [2.75, 3.05) is 18.1 Å². The van der Waals surface area contributed by atoms with Gasteiger partial charge < -0.3 is 4.74 Å². The molecular weight excluding hydrogens is 344 g/mol. The van der Waals surface area contributed by atoms with Crippen LogP contribution in [-0.4, -0.2) is 30.1 Å². The fourth-order valence-electron chi connectivity index (χ4n) is 3.25. The normalized spacial score (nSPS) is 16.9. The maximum absolute atomic E-state index is 13.2. The van der Waals surface area contributed by atoms with Crippen molar-refractivity contribution < 1.29 is 9.53 Å². The number of ether oxygens (including phenoxy) is 1. The second kappa shape index (κ2) is 7.56. The lowest BCUT2D eigenvalue weighted by Gasteiger charge is -2.23. The van der Waals surface area contributed by atoms with Gasteiger partial charge in [-0.2, -0.15) is 0 Å². The lowest BCUT2D eigenvalue weighted by atomic mass is 10.1. The van der Waals surface area contributed by atoms with Gasteiger partial charge in [0.25, 0.3) is 5.91 Å². The zero-order chi connectivity index (χ0) is 17.9. The monoisotopic (exact) mass is 366 g/mol. The van der Waals surface area contributed by atoms with Gasteiger partial charge in [-0.25, -0.2) is 4.98 Å². The van der Waals surface area contributed by atoms with E-state index in [-0.39, 0.29) is 12.0 Å². The van der Waals surface area contributed by atoms with Crippen molar-refractivity contribution in [2.45, 2.75) is 32.3 Å².